The van der Waals surface area contributed by atoms with Gasteiger partial charge in [-0.15, -0.1) is 0 Å². The van der Waals surface area contributed by atoms with Crippen molar-refractivity contribution in [3.8, 4) is 11.3 Å². The van der Waals surface area contributed by atoms with Crippen molar-refractivity contribution in [2.75, 3.05) is 6.54 Å². The fourth-order valence-corrected chi connectivity index (χ4v) is 3.99. The number of nitrogens with one attached hydrogen (secondary N) is 1. The first-order valence-electron chi connectivity index (χ1n) is 10.5. The summed E-state index contributed by atoms with van der Waals surface area (Å²) < 4.78 is 0. The van der Waals surface area contributed by atoms with Crippen molar-refractivity contribution >= 4 is 21.8 Å². The van der Waals surface area contributed by atoms with E-state index in [1.54, 1.807) is 0 Å². The van der Waals surface area contributed by atoms with Crippen LogP contribution in [0.3, 0.4) is 0 Å². The number of hydrogen-bond acceptors (Lipinski definition) is 2. The van der Waals surface area contributed by atoms with Crippen molar-refractivity contribution in [1.82, 2.24) is 9.97 Å². The molecular formula is C25H29N3. The van der Waals surface area contributed by atoms with Gasteiger partial charge < -0.3 is 10.7 Å². The Balaban J connectivity index is 1.81. The van der Waals surface area contributed by atoms with E-state index in [2.05, 4.69) is 59.4 Å². The van der Waals surface area contributed by atoms with Crippen LogP contribution in [0.4, 0.5) is 0 Å². The lowest BCUT2D eigenvalue weighted by atomic mass is 9.98. The zero-order valence-corrected chi connectivity index (χ0v) is 16.7. The van der Waals surface area contributed by atoms with E-state index in [9.17, 15) is 0 Å². The molecule has 0 atom stereocenters. The van der Waals surface area contributed by atoms with Crippen molar-refractivity contribution < 1.29 is 0 Å². The summed E-state index contributed by atoms with van der Waals surface area (Å²) in [6.45, 7) is 2.99. The van der Waals surface area contributed by atoms with Gasteiger partial charge in [-0.05, 0) is 74.0 Å². The molecule has 0 saturated carbocycles. The van der Waals surface area contributed by atoms with E-state index >= 15 is 0 Å². The zero-order valence-electron chi connectivity index (χ0n) is 16.7. The summed E-state index contributed by atoms with van der Waals surface area (Å²) in [6.07, 6.45) is 8.80. The van der Waals surface area contributed by atoms with Gasteiger partial charge in [0.1, 0.15) is 0 Å². The molecule has 28 heavy (non-hydrogen) atoms. The van der Waals surface area contributed by atoms with Gasteiger partial charge in [-0.2, -0.15) is 0 Å². The lowest BCUT2D eigenvalue weighted by molar-refractivity contribution is 0.748. The number of pyridine rings is 1. The third-order valence-corrected chi connectivity index (χ3v) is 5.55. The van der Waals surface area contributed by atoms with Gasteiger partial charge in [0.25, 0.3) is 0 Å². The molecule has 4 rings (SSSR count). The fraction of sp³-hybridized carbons (Fsp3) is 0.320. The number of aryl methyl sites for hydroxylation is 2. The van der Waals surface area contributed by atoms with Crippen LogP contribution in [-0.4, -0.2) is 16.5 Å². The number of fused-ring (bicyclic) bond motifs is 2. The van der Waals surface area contributed by atoms with Crippen LogP contribution in [0.25, 0.3) is 33.1 Å². The number of nitrogens with zero attached hydrogens (tertiary/aromatic N) is 1. The summed E-state index contributed by atoms with van der Waals surface area (Å²) in [6, 6.07) is 17.4. The highest BCUT2D eigenvalue weighted by Gasteiger charge is 2.14. The Morgan fingerprint density at radius 1 is 0.964 bits per heavy atom. The third kappa shape index (κ3) is 3.81. The molecule has 2 heterocycles. The van der Waals surface area contributed by atoms with E-state index in [4.69, 9.17) is 5.73 Å². The van der Waals surface area contributed by atoms with Crippen LogP contribution in [-0.2, 0) is 12.8 Å². The van der Waals surface area contributed by atoms with Gasteiger partial charge in [0, 0.05) is 28.0 Å². The summed E-state index contributed by atoms with van der Waals surface area (Å²) >= 11 is 0. The topological polar surface area (TPSA) is 54.7 Å². The minimum atomic E-state index is 0.747. The van der Waals surface area contributed by atoms with E-state index in [-0.39, 0.29) is 0 Å². The number of hydrogen-bond donors (Lipinski definition) is 2. The molecule has 4 aromatic rings. The number of nitrogens with two attached hydrogens (primary N) is 1. The van der Waals surface area contributed by atoms with E-state index in [0.717, 1.165) is 43.3 Å². The molecule has 0 aliphatic carbocycles. The van der Waals surface area contributed by atoms with Crippen LogP contribution >= 0.6 is 0 Å². The largest absolute Gasteiger partial charge is 0.354 e. The van der Waals surface area contributed by atoms with E-state index < -0.39 is 0 Å². The molecule has 0 bridgehead atoms. The van der Waals surface area contributed by atoms with Gasteiger partial charge in [0.15, 0.2) is 0 Å². The molecule has 0 radical (unpaired) electrons. The highest BCUT2D eigenvalue weighted by molar-refractivity contribution is 5.93. The highest BCUT2D eigenvalue weighted by atomic mass is 14.7. The predicted octanol–water partition coefficient (Wildman–Crippen LogP) is 6.01. The lowest BCUT2D eigenvalue weighted by Crippen LogP contribution is -1.99. The standard InChI is InChI=1S/C25H29N3/c1-2-3-8-18-12-13-24-22(15-18)21(10-6-7-14-26)25(28-24)20-16-19-9-4-5-11-23(19)27-17-20/h4-5,9,11-13,15-17,28H,2-3,6-8,10,14,26H2,1H3. The minimum absolute atomic E-state index is 0.747. The molecule has 0 spiro atoms. The van der Waals surface area contributed by atoms with Crippen LogP contribution < -0.4 is 5.73 Å². The van der Waals surface area contributed by atoms with Gasteiger partial charge in [-0.25, -0.2) is 0 Å². The van der Waals surface area contributed by atoms with Crippen LogP contribution in [0.15, 0.2) is 54.7 Å². The van der Waals surface area contributed by atoms with Gasteiger partial charge in [-0.1, -0.05) is 37.6 Å². The van der Waals surface area contributed by atoms with Crippen molar-refractivity contribution in [3.63, 3.8) is 0 Å². The molecule has 0 amide bonds. The highest BCUT2D eigenvalue weighted by Crippen LogP contribution is 2.33. The molecular weight excluding hydrogens is 342 g/mol. The maximum Gasteiger partial charge on any atom is 0.0702 e. The number of aromatic amines is 1. The first kappa shape index (κ1) is 18.7. The number of benzene rings is 2. The zero-order chi connectivity index (χ0) is 19.3. The molecule has 0 unspecified atom stereocenters. The average Bonchev–Trinajstić information content (AvgIpc) is 3.10. The number of para-hydroxylation sites is 1. The van der Waals surface area contributed by atoms with Crippen molar-refractivity contribution in [2.24, 2.45) is 5.73 Å². The number of H-pyrrole nitrogens is 1. The fourth-order valence-electron chi connectivity index (χ4n) is 3.99. The summed E-state index contributed by atoms with van der Waals surface area (Å²) in [5, 5.41) is 2.53. The second-order valence-electron chi connectivity index (χ2n) is 7.62. The second-order valence-corrected chi connectivity index (χ2v) is 7.62. The third-order valence-electron chi connectivity index (χ3n) is 5.55. The quantitative estimate of drug-likeness (QED) is 0.373. The molecule has 3 N–H and O–H groups in total. The Morgan fingerprint density at radius 2 is 1.86 bits per heavy atom. The average molecular weight is 372 g/mol. The predicted molar refractivity (Wildman–Crippen MR) is 120 cm³/mol. The Hall–Kier alpha value is -2.65. The molecule has 2 aromatic heterocycles. The summed E-state index contributed by atoms with van der Waals surface area (Å²) in [5.41, 5.74) is 13.2. The van der Waals surface area contributed by atoms with Crippen LogP contribution in [0.1, 0.15) is 43.7 Å². The van der Waals surface area contributed by atoms with E-state index in [1.807, 2.05) is 12.3 Å². The number of unbranched alkanes of at least 4 members (excludes halogenated alkanes) is 2. The normalized spacial score (nSPS) is 11.5. The smallest absolute Gasteiger partial charge is 0.0702 e. The van der Waals surface area contributed by atoms with Gasteiger partial charge in [-0.3, -0.25) is 4.98 Å². The Bertz CT molecular complexity index is 1080. The van der Waals surface area contributed by atoms with Crippen LogP contribution in [0.2, 0.25) is 0 Å². The summed E-state index contributed by atoms with van der Waals surface area (Å²) in [5.74, 6) is 0. The Kier molecular flexibility index (Phi) is 5.73. The lowest BCUT2D eigenvalue weighted by Gasteiger charge is -2.07. The molecule has 144 valence electrons. The molecule has 2 aromatic carbocycles. The number of rotatable bonds is 8. The van der Waals surface area contributed by atoms with Crippen molar-refractivity contribution in [2.45, 2.75) is 45.4 Å². The minimum Gasteiger partial charge on any atom is -0.354 e. The van der Waals surface area contributed by atoms with Crippen molar-refractivity contribution in [1.29, 1.82) is 0 Å². The maximum atomic E-state index is 5.75. The Morgan fingerprint density at radius 3 is 2.71 bits per heavy atom. The Labute approximate surface area is 167 Å². The van der Waals surface area contributed by atoms with E-state index in [1.165, 1.54) is 46.0 Å². The summed E-state index contributed by atoms with van der Waals surface area (Å²) in [7, 11) is 0. The van der Waals surface area contributed by atoms with Crippen LogP contribution in [0, 0.1) is 0 Å². The van der Waals surface area contributed by atoms with Crippen molar-refractivity contribution in [3.05, 3.63) is 65.9 Å². The molecule has 0 saturated heterocycles. The molecule has 0 fully saturated rings. The molecule has 3 nitrogen and oxygen atoms in total. The molecule has 0 aliphatic rings. The maximum absolute atomic E-state index is 5.75. The monoisotopic (exact) mass is 371 g/mol. The van der Waals surface area contributed by atoms with Gasteiger partial charge in [0.2, 0.25) is 0 Å². The van der Waals surface area contributed by atoms with Gasteiger partial charge >= 0.3 is 0 Å². The van der Waals surface area contributed by atoms with Crippen LogP contribution in [0.5, 0.6) is 0 Å². The first-order chi connectivity index (χ1) is 13.8. The first-order valence-corrected chi connectivity index (χ1v) is 10.5. The second kappa shape index (κ2) is 8.57. The number of aromatic nitrogens is 2. The summed E-state index contributed by atoms with van der Waals surface area (Å²) in [4.78, 5) is 8.37. The van der Waals surface area contributed by atoms with Gasteiger partial charge in [0.05, 0.1) is 11.2 Å². The SMILES string of the molecule is CCCCc1ccc2[nH]c(-c3cnc4ccccc4c3)c(CCCCN)c2c1. The molecule has 3 heteroatoms. The molecule has 0 aliphatic heterocycles. The van der Waals surface area contributed by atoms with E-state index in [0.29, 0.717) is 0 Å².